The summed E-state index contributed by atoms with van der Waals surface area (Å²) >= 11 is 0. The van der Waals surface area contributed by atoms with Crippen LogP contribution in [0, 0.1) is 0 Å². The van der Waals surface area contributed by atoms with E-state index in [4.69, 9.17) is 4.74 Å². The zero-order valence-electron chi connectivity index (χ0n) is 10.8. The SMILES string of the molecule is CCCOc1cncc(C2CCCC2NC)c1. The quantitative estimate of drug-likeness (QED) is 0.850. The Kier molecular flexibility index (Phi) is 4.37. The summed E-state index contributed by atoms with van der Waals surface area (Å²) in [5.41, 5.74) is 1.32. The predicted octanol–water partition coefficient (Wildman–Crippen LogP) is 2.73. The van der Waals surface area contributed by atoms with Crippen molar-refractivity contribution in [3.8, 4) is 5.75 Å². The summed E-state index contributed by atoms with van der Waals surface area (Å²) in [5, 5.41) is 3.41. The van der Waals surface area contributed by atoms with E-state index in [0.717, 1.165) is 18.8 Å². The number of hydrogen-bond donors (Lipinski definition) is 1. The van der Waals surface area contributed by atoms with Crippen LogP contribution in [0.3, 0.4) is 0 Å². The van der Waals surface area contributed by atoms with Gasteiger partial charge in [-0.2, -0.15) is 0 Å². The van der Waals surface area contributed by atoms with Crippen LogP contribution < -0.4 is 10.1 Å². The lowest BCUT2D eigenvalue weighted by molar-refractivity contribution is 0.315. The molecule has 0 aromatic carbocycles. The standard InChI is InChI=1S/C14H22N2O/c1-3-7-17-12-8-11(9-16-10-12)13-5-4-6-14(13)15-2/h8-10,13-15H,3-7H2,1-2H3. The fourth-order valence-electron chi connectivity index (χ4n) is 2.64. The van der Waals surface area contributed by atoms with Gasteiger partial charge in [-0.25, -0.2) is 0 Å². The lowest BCUT2D eigenvalue weighted by Gasteiger charge is -2.19. The zero-order valence-corrected chi connectivity index (χ0v) is 10.8. The first-order valence-corrected chi connectivity index (χ1v) is 6.60. The second-order valence-corrected chi connectivity index (χ2v) is 4.74. The zero-order chi connectivity index (χ0) is 12.1. The number of nitrogens with zero attached hydrogens (tertiary/aromatic N) is 1. The van der Waals surface area contributed by atoms with Gasteiger partial charge in [-0.1, -0.05) is 13.3 Å². The predicted molar refractivity (Wildman–Crippen MR) is 69.5 cm³/mol. The minimum atomic E-state index is 0.595. The van der Waals surface area contributed by atoms with Crippen molar-refractivity contribution in [3.05, 3.63) is 24.0 Å². The van der Waals surface area contributed by atoms with Crippen LogP contribution in [0.4, 0.5) is 0 Å². The van der Waals surface area contributed by atoms with Crippen LogP contribution in [0.5, 0.6) is 5.75 Å². The Morgan fingerprint density at radius 1 is 1.41 bits per heavy atom. The molecule has 1 aromatic rings. The van der Waals surface area contributed by atoms with Gasteiger partial charge in [0, 0.05) is 18.2 Å². The van der Waals surface area contributed by atoms with Crippen LogP contribution in [-0.2, 0) is 0 Å². The van der Waals surface area contributed by atoms with Crippen LogP contribution in [0.1, 0.15) is 44.1 Å². The first-order chi connectivity index (χ1) is 8.35. The van der Waals surface area contributed by atoms with Crippen molar-refractivity contribution in [1.29, 1.82) is 0 Å². The maximum Gasteiger partial charge on any atom is 0.137 e. The van der Waals surface area contributed by atoms with E-state index in [2.05, 4.69) is 23.3 Å². The van der Waals surface area contributed by atoms with E-state index < -0.39 is 0 Å². The van der Waals surface area contributed by atoms with Gasteiger partial charge in [0.25, 0.3) is 0 Å². The Balaban J connectivity index is 2.09. The highest BCUT2D eigenvalue weighted by Crippen LogP contribution is 2.35. The third-order valence-corrected chi connectivity index (χ3v) is 3.52. The van der Waals surface area contributed by atoms with E-state index in [1.54, 1.807) is 0 Å². The van der Waals surface area contributed by atoms with E-state index in [0.29, 0.717) is 12.0 Å². The number of rotatable bonds is 5. The maximum atomic E-state index is 5.64. The Bertz CT molecular complexity index is 354. The molecule has 0 saturated heterocycles. The van der Waals surface area contributed by atoms with Gasteiger partial charge in [-0.05, 0) is 37.9 Å². The summed E-state index contributed by atoms with van der Waals surface area (Å²) in [6.45, 7) is 2.89. The topological polar surface area (TPSA) is 34.1 Å². The number of aromatic nitrogens is 1. The van der Waals surface area contributed by atoms with Crippen molar-refractivity contribution < 1.29 is 4.74 Å². The molecule has 94 valence electrons. The molecule has 0 bridgehead atoms. The molecule has 0 spiro atoms. The van der Waals surface area contributed by atoms with Crippen molar-refractivity contribution in [2.24, 2.45) is 0 Å². The van der Waals surface area contributed by atoms with Crippen molar-refractivity contribution in [3.63, 3.8) is 0 Å². The van der Waals surface area contributed by atoms with Gasteiger partial charge in [-0.15, -0.1) is 0 Å². The van der Waals surface area contributed by atoms with Gasteiger partial charge in [0.15, 0.2) is 0 Å². The molecule has 1 heterocycles. The number of pyridine rings is 1. The molecule has 1 aliphatic carbocycles. The third-order valence-electron chi connectivity index (χ3n) is 3.52. The minimum absolute atomic E-state index is 0.595. The molecule has 1 N–H and O–H groups in total. The largest absolute Gasteiger partial charge is 0.492 e. The molecule has 0 radical (unpaired) electrons. The fourth-order valence-corrected chi connectivity index (χ4v) is 2.64. The fraction of sp³-hybridized carbons (Fsp3) is 0.643. The summed E-state index contributed by atoms with van der Waals surface area (Å²) < 4.78 is 5.64. The number of hydrogen-bond acceptors (Lipinski definition) is 3. The Labute approximate surface area is 104 Å². The van der Waals surface area contributed by atoms with Crippen LogP contribution in [0.15, 0.2) is 18.5 Å². The average molecular weight is 234 g/mol. The van der Waals surface area contributed by atoms with E-state index in [1.807, 2.05) is 19.4 Å². The van der Waals surface area contributed by atoms with Crippen LogP contribution in [-0.4, -0.2) is 24.7 Å². The van der Waals surface area contributed by atoms with Gasteiger partial charge in [-0.3, -0.25) is 4.98 Å². The first-order valence-electron chi connectivity index (χ1n) is 6.60. The molecule has 17 heavy (non-hydrogen) atoms. The van der Waals surface area contributed by atoms with Gasteiger partial charge >= 0.3 is 0 Å². The van der Waals surface area contributed by atoms with Crippen molar-refractivity contribution in [2.75, 3.05) is 13.7 Å². The molecule has 0 aliphatic heterocycles. The lowest BCUT2D eigenvalue weighted by atomic mass is 9.95. The number of likely N-dealkylation sites (N-methyl/N-ethyl adjacent to an activating group) is 1. The normalized spacial score (nSPS) is 23.9. The maximum absolute atomic E-state index is 5.64. The molecule has 1 saturated carbocycles. The van der Waals surface area contributed by atoms with E-state index in [9.17, 15) is 0 Å². The molecule has 1 fully saturated rings. The second kappa shape index (κ2) is 6.01. The highest BCUT2D eigenvalue weighted by atomic mass is 16.5. The summed E-state index contributed by atoms with van der Waals surface area (Å²) in [7, 11) is 2.05. The molecular formula is C14H22N2O. The Morgan fingerprint density at radius 2 is 2.29 bits per heavy atom. The monoisotopic (exact) mass is 234 g/mol. The highest BCUT2D eigenvalue weighted by Gasteiger charge is 2.27. The summed E-state index contributed by atoms with van der Waals surface area (Å²) in [6, 6.07) is 2.75. The van der Waals surface area contributed by atoms with Crippen LogP contribution in [0.2, 0.25) is 0 Å². The highest BCUT2D eigenvalue weighted by molar-refractivity contribution is 5.28. The number of ether oxygens (including phenoxy) is 1. The summed E-state index contributed by atoms with van der Waals surface area (Å²) in [4.78, 5) is 4.30. The first kappa shape index (κ1) is 12.4. The molecule has 2 rings (SSSR count). The van der Waals surface area contributed by atoms with Crippen molar-refractivity contribution in [2.45, 2.75) is 44.6 Å². The van der Waals surface area contributed by atoms with Gasteiger partial charge < -0.3 is 10.1 Å². The Hall–Kier alpha value is -1.09. The smallest absolute Gasteiger partial charge is 0.137 e. The Morgan fingerprint density at radius 3 is 3.06 bits per heavy atom. The molecule has 2 unspecified atom stereocenters. The number of nitrogens with one attached hydrogen (secondary N) is 1. The molecule has 3 nitrogen and oxygen atoms in total. The third kappa shape index (κ3) is 2.97. The van der Waals surface area contributed by atoms with Crippen LogP contribution in [0.25, 0.3) is 0 Å². The van der Waals surface area contributed by atoms with E-state index in [1.165, 1.54) is 24.8 Å². The van der Waals surface area contributed by atoms with E-state index in [-0.39, 0.29) is 0 Å². The molecule has 1 aromatic heterocycles. The summed E-state index contributed by atoms with van der Waals surface area (Å²) in [6.07, 6.45) is 8.65. The summed E-state index contributed by atoms with van der Waals surface area (Å²) in [5.74, 6) is 1.50. The van der Waals surface area contributed by atoms with Gasteiger partial charge in [0.2, 0.25) is 0 Å². The van der Waals surface area contributed by atoms with Crippen molar-refractivity contribution in [1.82, 2.24) is 10.3 Å². The second-order valence-electron chi connectivity index (χ2n) is 4.74. The molecular weight excluding hydrogens is 212 g/mol. The molecule has 1 aliphatic rings. The molecule has 2 atom stereocenters. The van der Waals surface area contributed by atoms with Gasteiger partial charge in [0.05, 0.1) is 12.8 Å². The molecule has 0 amide bonds. The average Bonchev–Trinajstić information content (AvgIpc) is 2.85. The minimum Gasteiger partial charge on any atom is -0.492 e. The van der Waals surface area contributed by atoms with Gasteiger partial charge in [0.1, 0.15) is 5.75 Å². The molecule has 3 heteroatoms. The lowest BCUT2D eigenvalue weighted by Crippen LogP contribution is -2.27. The van der Waals surface area contributed by atoms with Crippen molar-refractivity contribution >= 4 is 0 Å². The van der Waals surface area contributed by atoms with E-state index >= 15 is 0 Å². The van der Waals surface area contributed by atoms with Crippen LogP contribution >= 0.6 is 0 Å².